The highest BCUT2D eigenvalue weighted by molar-refractivity contribution is 5.93. The van der Waals surface area contributed by atoms with Gasteiger partial charge in [0.15, 0.2) is 0 Å². The monoisotopic (exact) mass is 228 g/mol. The molecule has 2 aromatic rings. The number of rotatable bonds is 3. The summed E-state index contributed by atoms with van der Waals surface area (Å²) >= 11 is 0. The van der Waals surface area contributed by atoms with E-state index in [1.165, 1.54) is 0 Å². The lowest BCUT2D eigenvalue weighted by Gasteiger charge is -2.07. The van der Waals surface area contributed by atoms with E-state index in [0.717, 1.165) is 11.4 Å². The molecule has 86 valence electrons. The van der Waals surface area contributed by atoms with E-state index in [1.807, 2.05) is 6.07 Å². The summed E-state index contributed by atoms with van der Waals surface area (Å²) < 4.78 is 0. The van der Waals surface area contributed by atoms with Gasteiger partial charge < -0.3 is 16.2 Å². The van der Waals surface area contributed by atoms with Crippen LogP contribution in [0.3, 0.4) is 0 Å². The average molecular weight is 228 g/mol. The number of carbonyl (C=O) groups is 1. The van der Waals surface area contributed by atoms with Crippen molar-refractivity contribution in [3.8, 4) is 5.75 Å². The van der Waals surface area contributed by atoms with Gasteiger partial charge >= 0.3 is 0 Å². The zero-order valence-corrected chi connectivity index (χ0v) is 9.05. The number of nitrogens with two attached hydrogens (primary N) is 1. The van der Waals surface area contributed by atoms with Gasteiger partial charge in [0, 0.05) is 16.9 Å². The Hall–Kier alpha value is -2.49. The SMILES string of the molecule is NC(=O)c1cccc(Nc2ccc(O)cc2)c1. The Labute approximate surface area is 98.7 Å². The molecule has 0 spiro atoms. The largest absolute Gasteiger partial charge is 0.508 e. The molecule has 0 unspecified atom stereocenters. The molecular weight excluding hydrogens is 216 g/mol. The lowest BCUT2D eigenvalue weighted by Crippen LogP contribution is -2.10. The van der Waals surface area contributed by atoms with E-state index in [9.17, 15) is 4.79 Å². The first-order valence-electron chi connectivity index (χ1n) is 5.11. The number of benzene rings is 2. The second-order valence-electron chi connectivity index (χ2n) is 3.62. The summed E-state index contributed by atoms with van der Waals surface area (Å²) in [6.45, 7) is 0. The van der Waals surface area contributed by atoms with E-state index >= 15 is 0 Å². The highest BCUT2D eigenvalue weighted by atomic mass is 16.3. The maximum absolute atomic E-state index is 11.0. The highest BCUT2D eigenvalue weighted by Gasteiger charge is 2.01. The van der Waals surface area contributed by atoms with Crippen molar-refractivity contribution in [1.82, 2.24) is 0 Å². The van der Waals surface area contributed by atoms with Crippen LogP contribution in [0.25, 0.3) is 0 Å². The molecule has 17 heavy (non-hydrogen) atoms. The molecule has 0 aliphatic carbocycles. The van der Waals surface area contributed by atoms with Crippen LogP contribution in [0.1, 0.15) is 10.4 Å². The first-order valence-corrected chi connectivity index (χ1v) is 5.11. The van der Waals surface area contributed by atoms with Crippen molar-refractivity contribution in [1.29, 1.82) is 0 Å². The van der Waals surface area contributed by atoms with Crippen molar-refractivity contribution in [2.24, 2.45) is 5.73 Å². The van der Waals surface area contributed by atoms with Crippen molar-refractivity contribution < 1.29 is 9.90 Å². The molecule has 0 aliphatic rings. The Morgan fingerprint density at radius 2 is 1.76 bits per heavy atom. The summed E-state index contributed by atoms with van der Waals surface area (Å²) in [7, 11) is 0. The molecule has 0 radical (unpaired) electrons. The van der Waals surface area contributed by atoms with Gasteiger partial charge in [0.1, 0.15) is 5.75 Å². The third-order valence-corrected chi connectivity index (χ3v) is 2.30. The van der Waals surface area contributed by atoms with Crippen LogP contribution in [-0.4, -0.2) is 11.0 Å². The first-order chi connectivity index (χ1) is 8.15. The minimum absolute atomic E-state index is 0.210. The van der Waals surface area contributed by atoms with Crippen LogP contribution in [0.4, 0.5) is 11.4 Å². The Morgan fingerprint density at radius 1 is 1.06 bits per heavy atom. The van der Waals surface area contributed by atoms with Crippen molar-refractivity contribution in [3.63, 3.8) is 0 Å². The van der Waals surface area contributed by atoms with Gasteiger partial charge in [0.25, 0.3) is 0 Å². The van der Waals surface area contributed by atoms with Crippen LogP contribution in [-0.2, 0) is 0 Å². The molecule has 0 saturated heterocycles. The zero-order valence-electron chi connectivity index (χ0n) is 9.05. The van der Waals surface area contributed by atoms with Crippen LogP contribution < -0.4 is 11.1 Å². The van der Waals surface area contributed by atoms with Gasteiger partial charge in [0.2, 0.25) is 5.91 Å². The summed E-state index contributed by atoms with van der Waals surface area (Å²) in [5.41, 5.74) is 7.24. The number of primary amides is 1. The maximum Gasteiger partial charge on any atom is 0.248 e. The van der Waals surface area contributed by atoms with E-state index in [1.54, 1.807) is 42.5 Å². The molecule has 0 heterocycles. The predicted molar refractivity (Wildman–Crippen MR) is 66.3 cm³/mol. The van der Waals surface area contributed by atoms with Crippen molar-refractivity contribution in [2.75, 3.05) is 5.32 Å². The quantitative estimate of drug-likeness (QED) is 0.705. The number of hydrogen-bond donors (Lipinski definition) is 3. The Bertz CT molecular complexity index is 535. The van der Waals surface area contributed by atoms with E-state index in [0.29, 0.717) is 5.56 Å². The molecule has 4 heteroatoms. The molecule has 0 saturated carbocycles. The molecule has 0 bridgehead atoms. The number of phenolic OH excluding ortho intramolecular Hbond substituents is 1. The standard InChI is InChI=1S/C13H12N2O2/c14-13(17)9-2-1-3-11(8-9)15-10-4-6-12(16)7-5-10/h1-8,15-16H,(H2,14,17). The van der Waals surface area contributed by atoms with Gasteiger partial charge in [-0.1, -0.05) is 6.07 Å². The number of hydrogen-bond acceptors (Lipinski definition) is 3. The topological polar surface area (TPSA) is 75.4 Å². The van der Waals surface area contributed by atoms with Crippen molar-refractivity contribution >= 4 is 17.3 Å². The number of aromatic hydroxyl groups is 1. The van der Waals surface area contributed by atoms with E-state index in [2.05, 4.69) is 5.32 Å². The summed E-state index contributed by atoms with van der Waals surface area (Å²) in [5.74, 6) is -0.249. The maximum atomic E-state index is 11.0. The third-order valence-electron chi connectivity index (χ3n) is 2.30. The molecule has 0 atom stereocenters. The molecule has 0 fully saturated rings. The second kappa shape index (κ2) is 4.57. The van der Waals surface area contributed by atoms with Crippen LogP contribution >= 0.6 is 0 Å². The molecule has 0 aliphatic heterocycles. The average Bonchev–Trinajstić information content (AvgIpc) is 2.32. The van der Waals surface area contributed by atoms with E-state index in [-0.39, 0.29) is 5.75 Å². The van der Waals surface area contributed by atoms with E-state index < -0.39 is 5.91 Å². The molecular formula is C13H12N2O2. The van der Waals surface area contributed by atoms with Gasteiger partial charge in [0.05, 0.1) is 0 Å². The Morgan fingerprint density at radius 3 is 2.41 bits per heavy atom. The predicted octanol–water partition coefficient (Wildman–Crippen LogP) is 2.23. The minimum atomic E-state index is -0.459. The lowest BCUT2D eigenvalue weighted by atomic mass is 10.2. The van der Waals surface area contributed by atoms with Crippen LogP contribution in [0.2, 0.25) is 0 Å². The fourth-order valence-corrected chi connectivity index (χ4v) is 1.46. The molecule has 2 aromatic carbocycles. The lowest BCUT2D eigenvalue weighted by molar-refractivity contribution is 0.100. The molecule has 4 N–H and O–H groups in total. The third kappa shape index (κ3) is 2.75. The minimum Gasteiger partial charge on any atom is -0.508 e. The molecule has 0 aromatic heterocycles. The van der Waals surface area contributed by atoms with Crippen molar-refractivity contribution in [2.45, 2.75) is 0 Å². The number of nitrogens with one attached hydrogen (secondary N) is 1. The number of amides is 1. The molecule has 4 nitrogen and oxygen atoms in total. The Balaban J connectivity index is 2.21. The summed E-state index contributed by atoms with van der Waals surface area (Å²) in [5, 5.41) is 12.3. The highest BCUT2D eigenvalue weighted by Crippen LogP contribution is 2.19. The summed E-state index contributed by atoms with van der Waals surface area (Å²) in [4.78, 5) is 11.0. The normalized spacial score (nSPS) is 9.88. The fraction of sp³-hybridized carbons (Fsp3) is 0. The number of phenols is 1. The van der Waals surface area contributed by atoms with Crippen molar-refractivity contribution in [3.05, 3.63) is 54.1 Å². The second-order valence-corrected chi connectivity index (χ2v) is 3.62. The fourth-order valence-electron chi connectivity index (χ4n) is 1.46. The summed E-state index contributed by atoms with van der Waals surface area (Å²) in [6, 6.07) is 13.6. The smallest absolute Gasteiger partial charge is 0.248 e. The Kier molecular flexibility index (Phi) is 2.96. The molecule has 2 rings (SSSR count). The van der Waals surface area contributed by atoms with Gasteiger partial charge in [-0.15, -0.1) is 0 Å². The van der Waals surface area contributed by atoms with Gasteiger partial charge in [-0.2, -0.15) is 0 Å². The van der Waals surface area contributed by atoms with Gasteiger partial charge in [-0.3, -0.25) is 4.79 Å². The van der Waals surface area contributed by atoms with Crippen LogP contribution in [0.15, 0.2) is 48.5 Å². The van der Waals surface area contributed by atoms with Crippen LogP contribution in [0, 0.1) is 0 Å². The molecule has 1 amide bonds. The number of carbonyl (C=O) groups excluding carboxylic acids is 1. The number of anilines is 2. The summed E-state index contributed by atoms with van der Waals surface area (Å²) in [6.07, 6.45) is 0. The van der Waals surface area contributed by atoms with E-state index in [4.69, 9.17) is 10.8 Å². The van der Waals surface area contributed by atoms with Gasteiger partial charge in [-0.05, 0) is 42.5 Å². The van der Waals surface area contributed by atoms with Crippen LogP contribution in [0.5, 0.6) is 5.75 Å². The zero-order chi connectivity index (χ0) is 12.3. The first kappa shape index (κ1) is 11.0. The van der Waals surface area contributed by atoms with Gasteiger partial charge in [-0.25, -0.2) is 0 Å².